The number of anilines is 2. The summed E-state index contributed by atoms with van der Waals surface area (Å²) in [5.74, 6) is 2.27. The molecule has 0 unspecified atom stereocenters. The van der Waals surface area contributed by atoms with E-state index >= 15 is 0 Å². The van der Waals surface area contributed by atoms with Gasteiger partial charge in [-0.05, 0) is 62.5 Å². The van der Waals surface area contributed by atoms with Crippen LogP contribution in [-0.2, 0) is 12.0 Å². The van der Waals surface area contributed by atoms with Crippen molar-refractivity contribution in [2.24, 2.45) is 0 Å². The highest BCUT2D eigenvalue weighted by atomic mass is 16.5. The summed E-state index contributed by atoms with van der Waals surface area (Å²) in [4.78, 5) is 14.3. The number of nitrogens with zero attached hydrogens (tertiary/aromatic N) is 4. The maximum atomic E-state index is 6.42. The summed E-state index contributed by atoms with van der Waals surface area (Å²) in [5.41, 5.74) is 12.6. The fourth-order valence-electron chi connectivity index (χ4n) is 5.84. The third-order valence-electron chi connectivity index (χ3n) is 8.20. The molecule has 1 aromatic heterocycles. The zero-order valence-electron chi connectivity index (χ0n) is 23.7. The molecule has 0 atom stereocenters. The normalized spacial score (nSPS) is 15.3. The van der Waals surface area contributed by atoms with Crippen molar-refractivity contribution in [3.63, 3.8) is 0 Å². The number of hydrogen-bond acceptors (Lipinski definition) is 7. The maximum absolute atomic E-state index is 6.42. The molecule has 0 spiro atoms. The minimum atomic E-state index is -0.0150. The summed E-state index contributed by atoms with van der Waals surface area (Å²) in [6.07, 6.45) is 2.11. The molecule has 1 fully saturated rings. The number of piperidine rings is 1. The lowest BCUT2D eigenvalue weighted by Gasteiger charge is -2.44. The Morgan fingerprint density at radius 2 is 1.62 bits per heavy atom. The topological polar surface area (TPSA) is 76.7 Å². The van der Waals surface area contributed by atoms with Gasteiger partial charge in [0.25, 0.3) is 0 Å². The molecular formula is C32H39N5O2. The van der Waals surface area contributed by atoms with Crippen molar-refractivity contribution < 1.29 is 9.47 Å². The highest BCUT2D eigenvalue weighted by molar-refractivity contribution is 5.91. The van der Waals surface area contributed by atoms with Gasteiger partial charge in [-0.2, -0.15) is 4.98 Å². The van der Waals surface area contributed by atoms with Crippen molar-refractivity contribution in [1.29, 1.82) is 0 Å². The third-order valence-corrected chi connectivity index (χ3v) is 8.20. The maximum Gasteiger partial charge on any atom is 0.227 e. The van der Waals surface area contributed by atoms with E-state index in [4.69, 9.17) is 25.2 Å². The first-order valence-electron chi connectivity index (χ1n) is 13.6. The molecule has 4 aromatic rings. The van der Waals surface area contributed by atoms with Crippen LogP contribution in [0, 0.1) is 13.8 Å². The van der Waals surface area contributed by atoms with E-state index < -0.39 is 0 Å². The van der Waals surface area contributed by atoms with E-state index in [9.17, 15) is 0 Å². The van der Waals surface area contributed by atoms with E-state index in [0.29, 0.717) is 23.3 Å². The average Bonchev–Trinajstić information content (AvgIpc) is 2.95. The summed E-state index contributed by atoms with van der Waals surface area (Å²) in [6, 6.07) is 21.4. The second kappa shape index (κ2) is 11.1. The fraction of sp³-hybridized carbons (Fsp3) is 0.375. The molecule has 1 aliphatic rings. The zero-order chi connectivity index (χ0) is 27.6. The monoisotopic (exact) mass is 525 g/mol. The molecule has 5 rings (SSSR count). The molecule has 2 N–H and O–H groups in total. The van der Waals surface area contributed by atoms with Crippen LogP contribution < -0.4 is 20.1 Å². The van der Waals surface area contributed by atoms with Crippen LogP contribution in [0.25, 0.3) is 10.9 Å². The molecular weight excluding hydrogens is 486 g/mol. The van der Waals surface area contributed by atoms with Gasteiger partial charge in [-0.3, -0.25) is 4.90 Å². The number of hydrogen-bond donors (Lipinski definition) is 1. The number of fused-ring (bicyclic) bond motifs is 1. The van der Waals surface area contributed by atoms with Crippen LogP contribution in [0.3, 0.4) is 0 Å². The summed E-state index contributed by atoms with van der Waals surface area (Å²) in [6.45, 7) is 8.24. The molecule has 0 radical (unpaired) electrons. The predicted octanol–water partition coefficient (Wildman–Crippen LogP) is 5.52. The highest BCUT2D eigenvalue weighted by Crippen LogP contribution is 2.38. The first-order valence-corrected chi connectivity index (χ1v) is 13.6. The molecule has 1 saturated heterocycles. The summed E-state index contributed by atoms with van der Waals surface area (Å²) < 4.78 is 10.9. The first-order chi connectivity index (χ1) is 18.8. The molecule has 0 amide bonds. The quantitative estimate of drug-likeness (QED) is 0.325. The average molecular weight is 526 g/mol. The van der Waals surface area contributed by atoms with Gasteiger partial charge >= 0.3 is 0 Å². The summed E-state index contributed by atoms with van der Waals surface area (Å²) in [5, 5.41) is 0.752. The summed E-state index contributed by atoms with van der Waals surface area (Å²) >= 11 is 0. The predicted molar refractivity (Wildman–Crippen MR) is 159 cm³/mol. The Hall–Kier alpha value is -3.84. The Morgan fingerprint density at radius 3 is 2.31 bits per heavy atom. The van der Waals surface area contributed by atoms with Crippen molar-refractivity contribution in [1.82, 2.24) is 14.9 Å². The van der Waals surface area contributed by atoms with E-state index in [2.05, 4.69) is 79.2 Å². The standard InChI is InChI=1S/C32H39N5O2/c1-22-11-12-23(2)24(17-22)20-37-15-13-32(14-16-37,25-9-7-6-8-10-25)21-36(3)31-34-27-19-29(39-5)28(38-4)18-26(27)30(33)35-31/h6-12,17-19H,13-16,20-21H2,1-5H3,(H2,33,34,35). The lowest BCUT2D eigenvalue weighted by Crippen LogP contribution is -2.48. The van der Waals surface area contributed by atoms with E-state index in [1.165, 1.54) is 22.3 Å². The van der Waals surface area contributed by atoms with Crippen LogP contribution in [0.2, 0.25) is 0 Å². The number of likely N-dealkylation sites (N-methyl/N-ethyl adjacent to an activating group) is 1. The van der Waals surface area contributed by atoms with Crippen molar-refractivity contribution >= 4 is 22.7 Å². The molecule has 3 aromatic carbocycles. The van der Waals surface area contributed by atoms with Crippen molar-refractivity contribution in [3.05, 3.63) is 82.9 Å². The Labute approximate surface area is 231 Å². The van der Waals surface area contributed by atoms with Gasteiger partial charge in [-0.25, -0.2) is 4.98 Å². The summed E-state index contributed by atoms with van der Waals surface area (Å²) in [7, 11) is 5.30. The molecule has 204 valence electrons. The van der Waals surface area contributed by atoms with Crippen molar-refractivity contribution in [2.45, 2.75) is 38.6 Å². The lowest BCUT2D eigenvalue weighted by atomic mass is 9.72. The number of ether oxygens (including phenoxy) is 2. The first kappa shape index (κ1) is 26.8. The largest absolute Gasteiger partial charge is 0.493 e. The fourth-order valence-corrected chi connectivity index (χ4v) is 5.84. The number of rotatable bonds is 8. The van der Waals surface area contributed by atoms with Crippen molar-refractivity contribution in [3.8, 4) is 11.5 Å². The molecule has 39 heavy (non-hydrogen) atoms. The van der Waals surface area contributed by atoms with Gasteiger partial charge < -0.3 is 20.1 Å². The van der Waals surface area contributed by atoms with E-state index in [1.807, 2.05) is 12.1 Å². The van der Waals surface area contributed by atoms with E-state index in [-0.39, 0.29) is 5.41 Å². The van der Waals surface area contributed by atoms with Gasteiger partial charge in [-0.15, -0.1) is 0 Å². The number of benzene rings is 3. The van der Waals surface area contributed by atoms with Gasteiger partial charge in [0.1, 0.15) is 5.82 Å². The molecule has 7 nitrogen and oxygen atoms in total. The second-order valence-corrected chi connectivity index (χ2v) is 10.8. The van der Waals surface area contributed by atoms with Crippen LogP contribution in [0.4, 0.5) is 11.8 Å². The number of nitrogen functional groups attached to an aromatic ring is 1. The van der Waals surface area contributed by atoms with Gasteiger partial charge in [0.15, 0.2) is 11.5 Å². The molecule has 2 heterocycles. The Balaban J connectivity index is 1.41. The number of likely N-dealkylation sites (tertiary alicyclic amines) is 1. The Kier molecular flexibility index (Phi) is 7.62. The van der Waals surface area contributed by atoms with Crippen LogP contribution in [0.1, 0.15) is 35.1 Å². The van der Waals surface area contributed by atoms with Gasteiger partial charge in [-0.1, -0.05) is 54.1 Å². The molecule has 0 aliphatic carbocycles. The second-order valence-electron chi connectivity index (χ2n) is 10.8. The Bertz CT molecular complexity index is 1450. The molecule has 7 heteroatoms. The SMILES string of the molecule is COc1cc2nc(N(C)CC3(c4ccccc4)CCN(Cc4cc(C)ccc4C)CC3)nc(N)c2cc1OC. The molecule has 0 bridgehead atoms. The molecule has 1 aliphatic heterocycles. The Morgan fingerprint density at radius 1 is 0.923 bits per heavy atom. The third kappa shape index (κ3) is 5.50. The highest BCUT2D eigenvalue weighted by Gasteiger charge is 2.38. The number of nitrogens with two attached hydrogens (primary N) is 1. The lowest BCUT2D eigenvalue weighted by molar-refractivity contribution is 0.154. The van der Waals surface area contributed by atoms with E-state index in [1.54, 1.807) is 14.2 Å². The zero-order valence-corrected chi connectivity index (χ0v) is 23.7. The number of aromatic nitrogens is 2. The van der Waals surface area contributed by atoms with Crippen LogP contribution in [-0.4, -0.2) is 55.8 Å². The van der Waals surface area contributed by atoms with Gasteiger partial charge in [0, 0.05) is 37.0 Å². The van der Waals surface area contributed by atoms with E-state index in [0.717, 1.165) is 49.9 Å². The molecule has 0 saturated carbocycles. The van der Waals surface area contributed by atoms with Crippen LogP contribution in [0.15, 0.2) is 60.7 Å². The number of methoxy groups -OCH3 is 2. The number of aryl methyl sites for hydroxylation is 2. The minimum Gasteiger partial charge on any atom is -0.493 e. The van der Waals surface area contributed by atoms with Gasteiger partial charge in [0.2, 0.25) is 5.95 Å². The smallest absolute Gasteiger partial charge is 0.227 e. The minimum absolute atomic E-state index is 0.0150. The van der Waals surface area contributed by atoms with Crippen LogP contribution >= 0.6 is 0 Å². The van der Waals surface area contributed by atoms with Crippen LogP contribution in [0.5, 0.6) is 11.5 Å². The van der Waals surface area contributed by atoms with Gasteiger partial charge in [0.05, 0.1) is 19.7 Å². The van der Waals surface area contributed by atoms with Crippen molar-refractivity contribution in [2.75, 3.05) is 51.5 Å².